The second-order valence-electron chi connectivity index (χ2n) is 7.94. The van der Waals surface area contributed by atoms with Gasteiger partial charge in [-0.3, -0.25) is 0 Å². The molecule has 1 aliphatic heterocycles. The summed E-state index contributed by atoms with van der Waals surface area (Å²) in [5, 5.41) is 11.5. The summed E-state index contributed by atoms with van der Waals surface area (Å²) in [7, 11) is 2.19. The third-order valence-electron chi connectivity index (χ3n) is 5.52. The second-order valence-corrected chi connectivity index (χ2v) is 9.31. The first kappa shape index (κ1) is 22.0. The highest BCUT2D eigenvalue weighted by atomic mass is 32.2. The lowest BCUT2D eigenvalue weighted by Gasteiger charge is -2.28. The van der Waals surface area contributed by atoms with Gasteiger partial charge in [0.2, 0.25) is 5.95 Å². The van der Waals surface area contributed by atoms with Gasteiger partial charge in [0, 0.05) is 51.3 Å². The Labute approximate surface area is 193 Å². The largest absolute Gasteiger partial charge is 0.398 e. The maximum atomic E-state index is 7.55. The zero-order chi connectivity index (χ0) is 22.3. The summed E-state index contributed by atoms with van der Waals surface area (Å²) in [4.78, 5) is 12.5. The zero-order valence-electron chi connectivity index (χ0n) is 18.2. The molecule has 6 nitrogen and oxygen atoms in total. The molecule has 32 heavy (non-hydrogen) atoms. The van der Waals surface area contributed by atoms with Crippen molar-refractivity contribution in [1.29, 1.82) is 5.41 Å². The first-order chi connectivity index (χ1) is 15.6. The van der Waals surface area contributed by atoms with Crippen LogP contribution in [0, 0.1) is 5.41 Å². The van der Waals surface area contributed by atoms with Gasteiger partial charge in [-0.05, 0) is 68.9 Å². The highest BCUT2D eigenvalue weighted by Crippen LogP contribution is 2.31. The lowest BCUT2D eigenvalue weighted by atomic mass is 10.1. The van der Waals surface area contributed by atoms with Gasteiger partial charge >= 0.3 is 0 Å². The molecule has 0 unspecified atom stereocenters. The number of aromatic nitrogens is 2. The molecule has 0 amide bonds. The molecule has 164 valence electrons. The number of nitrogens with two attached hydrogens (primary N) is 1. The van der Waals surface area contributed by atoms with Crippen molar-refractivity contribution >= 4 is 47.5 Å². The molecule has 1 fully saturated rings. The van der Waals surface area contributed by atoms with Crippen LogP contribution in [0.4, 0.5) is 17.3 Å². The first-order valence-electron chi connectivity index (χ1n) is 10.7. The first-order valence-corrected chi connectivity index (χ1v) is 11.6. The summed E-state index contributed by atoms with van der Waals surface area (Å²) in [6.45, 7) is 2.37. The third-order valence-corrected chi connectivity index (χ3v) is 6.87. The van der Waals surface area contributed by atoms with E-state index in [4.69, 9.17) is 11.1 Å². The van der Waals surface area contributed by atoms with Crippen LogP contribution in [0.5, 0.6) is 0 Å². The fourth-order valence-corrected chi connectivity index (χ4v) is 4.75. The summed E-state index contributed by atoms with van der Waals surface area (Å²) < 4.78 is 0. The van der Waals surface area contributed by atoms with E-state index in [0.29, 0.717) is 22.4 Å². The van der Waals surface area contributed by atoms with E-state index in [9.17, 15) is 0 Å². The van der Waals surface area contributed by atoms with Crippen molar-refractivity contribution in [1.82, 2.24) is 14.9 Å². The molecule has 4 N–H and O–H groups in total. The smallest absolute Gasteiger partial charge is 0.227 e. The number of rotatable bonds is 7. The normalized spacial score (nSPS) is 15.2. The van der Waals surface area contributed by atoms with Crippen LogP contribution in [-0.2, 0) is 0 Å². The average Bonchev–Trinajstić information content (AvgIpc) is 2.81. The van der Waals surface area contributed by atoms with E-state index in [1.54, 1.807) is 18.5 Å². The van der Waals surface area contributed by atoms with Crippen molar-refractivity contribution in [2.45, 2.75) is 23.0 Å². The number of nitrogens with one attached hydrogen (secondary N) is 2. The van der Waals surface area contributed by atoms with Crippen molar-refractivity contribution in [2.24, 2.45) is 0 Å². The Kier molecular flexibility index (Phi) is 7.19. The van der Waals surface area contributed by atoms with E-state index in [1.165, 1.54) is 37.0 Å². The van der Waals surface area contributed by atoms with E-state index in [-0.39, 0.29) is 0 Å². The molecule has 2 heterocycles. The Bertz CT molecular complexity index is 1070. The van der Waals surface area contributed by atoms with Crippen LogP contribution in [0.1, 0.15) is 29.5 Å². The number of anilines is 3. The van der Waals surface area contributed by atoms with Crippen molar-refractivity contribution in [3.8, 4) is 0 Å². The molecule has 3 aromatic rings. The maximum absolute atomic E-state index is 7.55. The molecule has 0 spiro atoms. The van der Waals surface area contributed by atoms with E-state index < -0.39 is 0 Å². The maximum Gasteiger partial charge on any atom is 0.227 e. The van der Waals surface area contributed by atoms with Gasteiger partial charge < -0.3 is 21.4 Å². The molecular formula is C25H28N6S. The highest BCUT2D eigenvalue weighted by molar-refractivity contribution is 8.00. The van der Waals surface area contributed by atoms with E-state index >= 15 is 0 Å². The molecule has 0 atom stereocenters. The van der Waals surface area contributed by atoms with Crippen molar-refractivity contribution in [3.05, 3.63) is 71.5 Å². The fourth-order valence-electron chi connectivity index (χ4n) is 3.63. The lowest BCUT2D eigenvalue weighted by molar-refractivity contribution is 0.282. The summed E-state index contributed by atoms with van der Waals surface area (Å²) in [5.41, 5.74) is 9.97. The van der Waals surface area contributed by atoms with Gasteiger partial charge in [-0.15, -0.1) is 11.8 Å². The number of hydrogen-bond donors (Lipinski definition) is 3. The second kappa shape index (κ2) is 10.4. The van der Waals surface area contributed by atoms with E-state index in [2.05, 4.69) is 51.5 Å². The SMILES string of the molecule is CN1CCC(Sc2ccc(Nc3ncc(/C=C/c4cccc(N)c4C=N)cn3)cc2)CC1. The fraction of sp³-hybridized carbons (Fsp3) is 0.240. The minimum Gasteiger partial charge on any atom is -0.398 e. The van der Waals surface area contributed by atoms with Gasteiger partial charge in [0.15, 0.2) is 0 Å². The molecule has 4 rings (SSSR count). The van der Waals surface area contributed by atoms with Crippen LogP contribution in [-0.4, -0.2) is 46.5 Å². The predicted molar refractivity (Wildman–Crippen MR) is 136 cm³/mol. The molecule has 0 radical (unpaired) electrons. The molecule has 1 aliphatic rings. The Morgan fingerprint density at radius 3 is 2.47 bits per heavy atom. The van der Waals surface area contributed by atoms with Crippen LogP contribution in [0.25, 0.3) is 12.2 Å². The van der Waals surface area contributed by atoms with Gasteiger partial charge in [-0.25, -0.2) is 9.97 Å². The van der Waals surface area contributed by atoms with Crippen LogP contribution in [0.2, 0.25) is 0 Å². The predicted octanol–water partition coefficient (Wildman–Crippen LogP) is 5.16. The van der Waals surface area contributed by atoms with Crippen molar-refractivity contribution in [2.75, 3.05) is 31.2 Å². The minimum absolute atomic E-state index is 0.557. The Morgan fingerprint density at radius 1 is 1.06 bits per heavy atom. The van der Waals surface area contributed by atoms with Crippen LogP contribution < -0.4 is 11.1 Å². The monoisotopic (exact) mass is 444 g/mol. The van der Waals surface area contributed by atoms with Gasteiger partial charge in [0.05, 0.1) is 0 Å². The quantitative estimate of drug-likeness (QED) is 0.345. The van der Waals surface area contributed by atoms with Crippen LogP contribution in [0.15, 0.2) is 59.8 Å². The molecular weight excluding hydrogens is 416 g/mol. The molecule has 1 aromatic heterocycles. The van der Waals surface area contributed by atoms with Gasteiger partial charge in [0.1, 0.15) is 0 Å². The van der Waals surface area contributed by atoms with E-state index in [1.807, 2.05) is 36.0 Å². The molecule has 7 heteroatoms. The number of nitrogen functional groups attached to an aromatic ring is 1. The Hall–Kier alpha value is -3.16. The molecule has 0 saturated carbocycles. The summed E-state index contributed by atoms with van der Waals surface area (Å²) >= 11 is 1.98. The summed E-state index contributed by atoms with van der Waals surface area (Å²) in [6.07, 6.45) is 11.1. The van der Waals surface area contributed by atoms with Crippen molar-refractivity contribution < 1.29 is 0 Å². The van der Waals surface area contributed by atoms with Crippen LogP contribution >= 0.6 is 11.8 Å². The van der Waals surface area contributed by atoms with Gasteiger partial charge in [-0.1, -0.05) is 24.3 Å². The number of hydrogen-bond acceptors (Lipinski definition) is 7. The van der Waals surface area contributed by atoms with Gasteiger partial charge in [-0.2, -0.15) is 0 Å². The zero-order valence-corrected chi connectivity index (χ0v) is 19.0. The summed E-state index contributed by atoms with van der Waals surface area (Å²) in [6, 6.07) is 14.1. The summed E-state index contributed by atoms with van der Waals surface area (Å²) in [5.74, 6) is 0.557. The average molecular weight is 445 g/mol. The van der Waals surface area contributed by atoms with E-state index in [0.717, 1.165) is 16.8 Å². The number of thioether (sulfide) groups is 1. The highest BCUT2D eigenvalue weighted by Gasteiger charge is 2.17. The molecule has 0 bridgehead atoms. The number of piperidine rings is 1. The standard InChI is InChI=1S/C25H28N6S/c1-31-13-11-22(12-14-31)32-21-9-7-20(8-10-21)30-25-28-16-18(17-29-25)5-6-19-3-2-4-24(27)23(19)15-26/h2-10,15-17,22,26H,11-14,27H2,1H3,(H,28,29,30)/b6-5+,26-15?. The molecule has 0 aliphatic carbocycles. The topological polar surface area (TPSA) is 90.9 Å². The Morgan fingerprint density at radius 2 is 1.78 bits per heavy atom. The lowest BCUT2D eigenvalue weighted by Crippen LogP contribution is -2.31. The van der Waals surface area contributed by atoms with Crippen LogP contribution in [0.3, 0.4) is 0 Å². The van der Waals surface area contributed by atoms with Gasteiger partial charge in [0.25, 0.3) is 0 Å². The van der Waals surface area contributed by atoms with Crippen molar-refractivity contribution in [3.63, 3.8) is 0 Å². The number of nitrogens with zero attached hydrogens (tertiary/aromatic N) is 3. The minimum atomic E-state index is 0.557. The third kappa shape index (κ3) is 5.75. The number of likely N-dealkylation sites (tertiary alicyclic amines) is 1. The molecule has 1 saturated heterocycles. The number of benzene rings is 2. The Balaban J connectivity index is 1.34. The molecule has 2 aromatic carbocycles.